The van der Waals surface area contributed by atoms with E-state index in [9.17, 15) is 0 Å². The molecule has 0 aliphatic rings. The number of ether oxygens (including phenoxy) is 2. The Labute approximate surface area is 151 Å². The zero-order valence-electron chi connectivity index (χ0n) is 15.4. The lowest BCUT2D eigenvalue weighted by molar-refractivity contribution is 0.226. The number of aryl methyl sites for hydroxylation is 1. The second-order valence-corrected chi connectivity index (χ2v) is 5.56. The van der Waals surface area contributed by atoms with E-state index >= 15 is 0 Å². The highest BCUT2D eigenvalue weighted by atomic mass is 16.5. The summed E-state index contributed by atoms with van der Waals surface area (Å²) in [5.41, 5.74) is 2.36. The Bertz CT molecular complexity index is 749. The highest BCUT2D eigenvalue weighted by molar-refractivity contribution is 5.37. The summed E-state index contributed by atoms with van der Waals surface area (Å²) in [7, 11) is 0. The summed E-state index contributed by atoms with van der Waals surface area (Å²) < 4.78 is 11.9. The molecule has 0 radical (unpaired) electrons. The van der Waals surface area contributed by atoms with Crippen LogP contribution in [0.1, 0.15) is 38.0 Å². The normalized spacial score (nSPS) is 11.0. The van der Waals surface area contributed by atoms with Crippen molar-refractivity contribution in [3.8, 4) is 17.2 Å². The van der Waals surface area contributed by atoms with Crippen molar-refractivity contribution >= 4 is 0 Å². The van der Waals surface area contributed by atoms with Crippen LogP contribution in [0, 0.1) is 6.92 Å². The minimum atomic E-state index is -0.00850. The van der Waals surface area contributed by atoms with E-state index in [4.69, 9.17) is 9.47 Å². The van der Waals surface area contributed by atoms with E-state index < -0.39 is 0 Å². The molecule has 0 spiro atoms. The fourth-order valence-electron chi connectivity index (χ4n) is 2.35. The number of hydrogen-bond acceptors (Lipinski definition) is 2. The standard InChI is InChI=1S/C21H20O2.C2H6/c1-16-11-13-19(14-12-16)23-21-10-6-9-20(15-21)22-17(2)18-7-4-3-5-8-18;1-2/h3-15,17H,1-2H3;1-2H3. The maximum atomic E-state index is 6.02. The molecule has 1 unspecified atom stereocenters. The molecule has 0 saturated heterocycles. The lowest BCUT2D eigenvalue weighted by Crippen LogP contribution is -2.02. The van der Waals surface area contributed by atoms with Crippen molar-refractivity contribution in [2.45, 2.75) is 33.8 Å². The van der Waals surface area contributed by atoms with Gasteiger partial charge in [-0.3, -0.25) is 0 Å². The van der Waals surface area contributed by atoms with Crippen molar-refractivity contribution in [1.29, 1.82) is 0 Å². The van der Waals surface area contributed by atoms with E-state index in [-0.39, 0.29) is 6.10 Å². The molecule has 1 atom stereocenters. The Morgan fingerprint density at radius 2 is 1.32 bits per heavy atom. The molecule has 0 bridgehead atoms. The van der Waals surface area contributed by atoms with E-state index in [0.717, 1.165) is 22.8 Å². The molecule has 0 saturated carbocycles. The Kier molecular flexibility index (Phi) is 7.09. The highest BCUT2D eigenvalue weighted by Gasteiger charge is 2.07. The second-order valence-electron chi connectivity index (χ2n) is 5.56. The van der Waals surface area contributed by atoms with E-state index in [1.165, 1.54) is 5.56 Å². The van der Waals surface area contributed by atoms with Gasteiger partial charge in [0, 0.05) is 6.07 Å². The lowest BCUT2D eigenvalue weighted by Gasteiger charge is -2.16. The molecule has 0 aliphatic carbocycles. The summed E-state index contributed by atoms with van der Waals surface area (Å²) in [5, 5.41) is 0. The quantitative estimate of drug-likeness (QED) is 0.502. The summed E-state index contributed by atoms with van der Waals surface area (Å²) in [6.45, 7) is 8.10. The number of rotatable bonds is 5. The monoisotopic (exact) mass is 334 g/mol. The average Bonchev–Trinajstić information content (AvgIpc) is 2.66. The van der Waals surface area contributed by atoms with Gasteiger partial charge < -0.3 is 9.47 Å². The summed E-state index contributed by atoms with van der Waals surface area (Å²) in [6, 6.07) is 25.9. The van der Waals surface area contributed by atoms with Gasteiger partial charge in [0.15, 0.2) is 0 Å². The molecular formula is C23H26O2. The molecule has 0 heterocycles. The van der Waals surface area contributed by atoms with Crippen molar-refractivity contribution in [3.63, 3.8) is 0 Å². The minimum Gasteiger partial charge on any atom is -0.486 e. The fourth-order valence-corrected chi connectivity index (χ4v) is 2.35. The molecule has 0 aliphatic heterocycles. The van der Waals surface area contributed by atoms with Gasteiger partial charge in [0.2, 0.25) is 0 Å². The van der Waals surface area contributed by atoms with Crippen molar-refractivity contribution in [2.24, 2.45) is 0 Å². The molecule has 2 nitrogen and oxygen atoms in total. The summed E-state index contributed by atoms with van der Waals surface area (Å²) in [4.78, 5) is 0. The van der Waals surface area contributed by atoms with Crippen molar-refractivity contribution in [2.75, 3.05) is 0 Å². The average molecular weight is 334 g/mol. The van der Waals surface area contributed by atoms with Crippen molar-refractivity contribution < 1.29 is 9.47 Å². The molecule has 3 aromatic carbocycles. The molecule has 0 amide bonds. The van der Waals surface area contributed by atoms with Gasteiger partial charge in [-0.15, -0.1) is 0 Å². The first-order valence-electron chi connectivity index (χ1n) is 8.77. The van der Waals surface area contributed by atoms with Gasteiger partial charge in [-0.2, -0.15) is 0 Å². The number of benzene rings is 3. The first-order valence-corrected chi connectivity index (χ1v) is 8.77. The van der Waals surface area contributed by atoms with Crippen LogP contribution in [0.15, 0.2) is 78.9 Å². The zero-order valence-corrected chi connectivity index (χ0v) is 15.4. The van der Waals surface area contributed by atoms with E-state index in [1.54, 1.807) is 0 Å². The van der Waals surface area contributed by atoms with Crippen LogP contribution in [0.4, 0.5) is 0 Å². The molecule has 25 heavy (non-hydrogen) atoms. The van der Waals surface area contributed by atoms with Gasteiger partial charge in [0.05, 0.1) is 0 Å². The Balaban J connectivity index is 0.00000109. The Morgan fingerprint density at radius 3 is 2.00 bits per heavy atom. The van der Waals surface area contributed by atoms with Crippen LogP contribution >= 0.6 is 0 Å². The smallest absolute Gasteiger partial charge is 0.131 e. The van der Waals surface area contributed by atoms with Gasteiger partial charge in [-0.1, -0.05) is 67.9 Å². The predicted octanol–water partition coefficient (Wildman–Crippen LogP) is 6.95. The van der Waals surface area contributed by atoms with Gasteiger partial charge in [-0.25, -0.2) is 0 Å². The largest absolute Gasteiger partial charge is 0.486 e. The van der Waals surface area contributed by atoms with Crippen LogP contribution in [0.2, 0.25) is 0 Å². The van der Waals surface area contributed by atoms with Crippen LogP contribution in [0.25, 0.3) is 0 Å². The van der Waals surface area contributed by atoms with E-state index in [1.807, 2.05) is 87.5 Å². The summed E-state index contributed by atoms with van der Waals surface area (Å²) in [6.07, 6.45) is -0.00850. The van der Waals surface area contributed by atoms with E-state index in [2.05, 4.69) is 19.1 Å². The van der Waals surface area contributed by atoms with Crippen molar-refractivity contribution in [1.82, 2.24) is 0 Å². The topological polar surface area (TPSA) is 18.5 Å². The van der Waals surface area contributed by atoms with Gasteiger partial charge in [0.25, 0.3) is 0 Å². The number of hydrogen-bond donors (Lipinski definition) is 0. The molecule has 0 aromatic heterocycles. The Morgan fingerprint density at radius 1 is 0.680 bits per heavy atom. The van der Waals surface area contributed by atoms with Gasteiger partial charge in [-0.05, 0) is 43.7 Å². The first kappa shape index (κ1) is 18.6. The maximum absolute atomic E-state index is 6.02. The molecule has 0 N–H and O–H groups in total. The fraction of sp³-hybridized carbons (Fsp3) is 0.217. The second kappa shape index (κ2) is 9.53. The molecule has 3 aromatic rings. The van der Waals surface area contributed by atoms with Crippen LogP contribution in [-0.4, -0.2) is 0 Å². The Hall–Kier alpha value is -2.74. The van der Waals surface area contributed by atoms with Crippen LogP contribution in [0.3, 0.4) is 0 Å². The van der Waals surface area contributed by atoms with Crippen LogP contribution in [-0.2, 0) is 0 Å². The third-order valence-corrected chi connectivity index (χ3v) is 3.64. The summed E-state index contributed by atoms with van der Waals surface area (Å²) in [5.74, 6) is 2.39. The highest BCUT2D eigenvalue weighted by Crippen LogP contribution is 2.28. The van der Waals surface area contributed by atoms with Crippen LogP contribution in [0.5, 0.6) is 17.2 Å². The van der Waals surface area contributed by atoms with Gasteiger partial charge >= 0.3 is 0 Å². The molecule has 0 fully saturated rings. The predicted molar refractivity (Wildman–Crippen MR) is 105 cm³/mol. The third-order valence-electron chi connectivity index (χ3n) is 3.64. The first-order chi connectivity index (χ1) is 12.2. The zero-order chi connectivity index (χ0) is 18.1. The third kappa shape index (κ3) is 5.68. The maximum Gasteiger partial charge on any atom is 0.131 e. The molecule has 3 rings (SSSR count). The minimum absolute atomic E-state index is 0.00850. The van der Waals surface area contributed by atoms with Crippen molar-refractivity contribution in [3.05, 3.63) is 90.0 Å². The lowest BCUT2D eigenvalue weighted by atomic mass is 10.1. The SMILES string of the molecule is CC.Cc1ccc(Oc2cccc(OC(C)c3ccccc3)c2)cc1. The molecular weight excluding hydrogens is 308 g/mol. The molecule has 2 heteroatoms. The van der Waals surface area contributed by atoms with E-state index in [0.29, 0.717) is 0 Å². The molecule has 130 valence electrons. The van der Waals surface area contributed by atoms with Gasteiger partial charge in [0.1, 0.15) is 23.4 Å². The van der Waals surface area contributed by atoms with Crippen LogP contribution < -0.4 is 9.47 Å². The summed E-state index contributed by atoms with van der Waals surface area (Å²) >= 11 is 0.